The van der Waals surface area contributed by atoms with Gasteiger partial charge in [0, 0.05) is 18.7 Å². The number of hydrogen-bond acceptors (Lipinski definition) is 6. The van der Waals surface area contributed by atoms with Gasteiger partial charge in [0.2, 0.25) is 5.91 Å². The molecule has 0 saturated heterocycles. The summed E-state index contributed by atoms with van der Waals surface area (Å²) in [7, 11) is 2.96. The van der Waals surface area contributed by atoms with E-state index < -0.39 is 24.5 Å². The van der Waals surface area contributed by atoms with Gasteiger partial charge >= 0.3 is 0 Å². The fourth-order valence-corrected chi connectivity index (χ4v) is 3.09. The normalized spacial score (nSPS) is 17.0. The Labute approximate surface area is 158 Å². The fourth-order valence-electron chi connectivity index (χ4n) is 3.09. The number of carboxylic acid groups (broad SMARTS) is 1. The highest BCUT2D eigenvalue weighted by Gasteiger charge is 2.39. The molecule has 8 heteroatoms. The fraction of sp³-hybridized carbons (Fsp3) is 0.421. The van der Waals surface area contributed by atoms with Crippen molar-refractivity contribution in [1.82, 2.24) is 9.80 Å². The molecule has 0 fully saturated rings. The van der Waals surface area contributed by atoms with Crippen molar-refractivity contribution >= 4 is 23.5 Å². The molecule has 146 valence electrons. The molecule has 0 N–H and O–H groups in total. The van der Waals surface area contributed by atoms with Crippen LogP contribution in [-0.2, 0) is 14.4 Å². The summed E-state index contributed by atoms with van der Waals surface area (Å²) in [6, 6.07) is 4.14. The number of carbonyl (C=O) groups excluding carboxylic acids is 3. The maximum atomic E-state index is 13.0. The van der Waals surface area contributed by atoms with Gasteiger partial charge in [0.05, 0.1) is 32.4 Å². The van der Waals surface area contributed by atoms with Crippen LogP contribution < -0.4 is 14.6 Å². The Hall–Kier alpha value is -3.03. The smallest absolute Gasteiger partial charge is 0.250 e. The van der Waals surface area contributed by atoms with Gasteiger partial charge in [-0.25, -0.2) is 0 Å². The molecule has 1 unspecified atom stereocenters. The second-order valence-electron chi connectivity index (χ2n) is 6.50. The Kier molecular flexibility index (Phi) is 6.09. The lowest BCUT2D eigenvalue weighted by Gasteiger charge is -2.41. The highest BCUT2D eigenvalue weighted by Crippen LogP contribution is 2.34. The highest BCUT2D eigenvalue weighted by molar-refractivity contribution is 5.98. The molecule has 1 aliphatic rings. The average Bonchev–Trinajstić information content (AvgIpc) is 2.61. The van der Waals surface area contributed by atoms with Crippen LogP contribution in [0, 0.1) is 5.92 Å². The van der Waals surface area contributed by atoms with E-state index in [0.717, 1.165) is 4.90 Å². The topological polar surface area (TPSA) is 99.2 Å². The zero-order valence-corrected chi connectivity index (χ0v) is 16.0. The first-order chi connectivity index (χ1) is 12.7. The van der Waals surface area contributed by atoms with E-state index >= 15 is 0 Å². The molecule has 2 rings (SSSR count). The predicted molar refractivity (Wildman–Crippen MR) is 95.4 cm³/mol. The molecule has 1 atom stereocenters. The SMILES string of the molecule is COc1ccc(C2=CN(C(C)=O)C(C(C)C)C(=O)N2CC(=O)[O-])cc1OC. The lowest BCUT2D eigenvalue weighted by molar-refractivity contribution is -0.305. The number of benzene rings is 1. The van der Waals surface area contributed by atoms with Gasteiger partial charge in [-0.15, -0.1) is 0 Å². The van der Waals surface area contributed by atoms with E-state index in [1.54, 1.807) is 32.0 Å². The molecule has 27 heavy (non-hydrogen) atoms. The Balaban J connectivity index is 2.64. The minimum atomic E-state index is -1.39. The summed E-state index contributed by atoms with van der Waals surface area (Å²) in [6.45, 7) is 4.34. The first kappa shape index (κ1) is 20.3. The zero-order valence-electron chi connectivity index (χ0n) is 16.0. The molecule has 1 aromatic carbocycles. The number of methoxy groups -OCH3 is 2. The summed E-state index contributed by atoms with van der Waals surface area (Å²) in [5.41, 5.74) is 0.785. The molecule has 0 bridgehead atoms. The monoisotopic (exact) mass is 375 g/mol. The van der Waals surface area contributed by atoms with E-state index in [1.165, 1.54) is 32.2 Å². The predicted octanol–water partition coefficient (Wildman–Crippen LogP) is 0.467. The lowest BCUT2D eigenvalue weighted by atomic mass is 9.97. The van der Waals surface area contributed by atoms with Crippen LogP contribution in [0.15, 0.2) is 24.4 Å². The molecule has 0 aromatic heterocycles. The van der Waals surface area contributed by atoms with Gasteiger partial charge < -0.3 is 29.2 Å². The van der Waals surface area contributed by atoms with Crippen LogP contribution in [0.4, 0.5) is 0 Å². The molecule has 1 aromatic rings. The average molecular weight is 375 g/mol. The van der Waals surface area contributed by atoms with Gasteiger partial charge in [0.15, 0.2) is 11.5 Å². The maximum absolute atomic E-state index is 13.0. The first-order valence-electron chi connectivity index (χ1n) is 8.45. The minimum Gasteiger partial charge on any atom is -0.548 e. The summed E-state index contributed by atoms with van der Waals surface area (Å²) in [4.78, 5) is 38.9. The second kappa shape index (κ2) is 8.11. The van der Waals surface area contributed by atoms with Gasteiger partial charge in [-0.2, -0.15) is 0 Å². The molecule has 8 nitrogen and oxygen atoms in total. The lowest BCUT2D eigenvalue weighted by Crippen LogP contribution is -2.56. The van der Waals surface area contributed by atoms with Gasteiger partial charge in [0.25, 0.3) is 5.91 Å². The van der Waals surface area contributed by atoms with E-state index in [9.17, 15) is 19.5 Å². The third-order valence-corrected chi connectivity index (χ3v) is 4.33. The quantitative estimate of drug-likeness (QED) is 0.717. The Bertz CT molecular complexity index is 786. The summed E-state index contributed by atoms with van der Waals surface area (Å²) in [5, 5.41) is 11.2. The van der Waals surface area contributed by atoms with Gasteiger partial charge in [-0.1, -0.05) is 13.8 Å². The van der Waals surface area contributed by atoms with E-state index in [-0.39, 0.29) is 17.5 Å². The van der Waals surface area contributed by atoms with E-state index in [0.29, 0.717) is 17.1 Å². The van der Waals surface area contributed by atoms with Crippen LogP contribution in [-0.4, -0.2) is 54.4 Å². The number of rotatable bonds is 6. The van der Waals surface area contributed by atoms with Gasteiger partial charge in [0.1, 0.15) is 6.04 Å². The van der Waals surface area contributed by atoms with Crippen molar-refractivity contribution in [2.24, 2.45) is 5.92 Å². The van der Waals surface area contributed by atoms with Crippen molar-refractivity contribution < 1.29 is 29.0 Å². The van der Waals surface area contributed by atoms with Crippen molar-refractivity contribution in [3.05, 3.63) is 30.0 Å². The van der Waals surface area contributed by atoms with Crippen LogP contribution in [0.5, 0.6) is 11.5 Å². The Morgan fingerprint density at radius 2 is 1.81 bits per heavy atom. The van der Waals surface area contributed by atoms with Crippen molar-refractivity contribution in [1.29, 1.82) is 0 Å². The van der Waals surface area contributed by atoms with Crippen molar-refractivity contribution in [3.8, 4) is 11.5 Å². The number of ether oxygens (including phenoxy) is 2. The third-order valence-electron chi connectivity index (χ3n) is 4.33. The maximum Gasteiger partial charge on any atom is 0.250 e. The number of hydrogen-bond donors (Lipinski definition) is 0. The first-order valence-corrected chi connectivity index (χ1v) is 8.45. The zero-order chi connectivity index (χ0) is 20.3. The molecule has 0 saturated carbocycles. The number of amides is 2. The summed E-state index contributed by atoms with van der Waals surface area (Å²) < 4.78 is 10.5. The third kappa shape index (κ3) is 4.05. The van der Waals surface area contributed by atoms with Gasteiger partial charge in [-0.05, 0) is 24.1 Å². The van der Waals surface area contributed by atoms with Crippen LogP contribution in [0.2, 0.25) is 0 Å². The largest absolute Gasteiger partial charge is 0.548 e. The van der Waals surface area contributed by atoms with Crippen LogP contribution in [0.1, 0.15) is 26.3 Å². The standard InChI is InChI=1S/C19H24N2O6/c1-11(2)18-19(25)21(10-17(23)24)14(9-20(18)12(3)22)13-6-7-15(26-4)16(8-13)27-5/h6-9,11,18H,10H2,1-5H3,(H,23,24)/p-1. The molecular weight excluding hydrogens is 352 g/mol. The van der Waals surface area contributed by atoms with Crippen molar-refractivity contribution in [2.75, 3.05) is 20.8 Å². The minimum absolute atomic E-state index is 0.200. The van der Waals surface area contributed by atoms with Crippen molar-refractivity contribution in [3.63, 3.8) is 0 Å². The molecule has 0 aliphatic carbocycles. The summed E-state index contributed by atoms with van der Waals surface area (Å²) >= 11 is 0. The molecule has 1 aliphatic heterocycles. The highest BCUT2D eigenvalue weighted by atomic mass is 16.5. The number of aliphatic carboxylic acids is 1. The van der Waals surface area contributed by atoms with Crippen LogP contribution in [0.25, 0.3) is 5.70 Å². The summed E-state index contributed by atoms with van der Waals surface area (Å²) in [5.74, 6) is -1.48. The van der Waals surface area contributed by atoms with Crippen LogP contribution in [0.3, 0.4) is 0 Å². The molecule has 0 radical (unpaired) electrons. The number of carbonyl (C=O) groups is 3. The molecule has 1 heterocycles. The number of nitrogens with zero attached hydrogens (tertiary/aromatic N) is 2. The van der Waals surface area contributed by atoms with E-state index in [2.05, 4.69) is 0 Å². The Morgan fingerprint density at radius 3 is 2.30 bits per heavy atom. The molecule has 0 spiro atoms. The number of carboxylic acids is 1. The Morgan fingerprint density at radius 1 is 1.19 bits per heavy atom. The van der Waals surface area contributed by atoms with Gasteiger partial charge in [-0.3, -0.25) is 9.59 Å². The van der Waals surface area contributed by atoms with E-state index in [1.807, 2.05) is 0 Å². The van der Waals surface area contributed by atoms with Crippen molar-refractivity contribution in [2.45, 2.75) is 26.8 Å². The molecular formula is C19H23N2O6-. The van der Waals surface area contributed by atoms with Crippen LogP contribution >= 0.6 is 0 Å². The summed E-state index contributed by atoms with van der Waals surface area (Å²) in [6.07, 6.45) is 1.50. The van der Waals surface area contributed by atoms with E-state index in [4.69, 9.17) is 9.47 Å². The second-order valence-corrected chi connectivity index (χ2v) is 6.50. The molecule has 2 amide bonds.